The van der Waals surface area contributed by atoms with Crippen molar-refractivity contribution in [3.63, 3.8) is 0 Å². The van der Waals surface area contributed by atoms with Gasteiger partial charge in [0, 0.05) is 19.6 Å². The van der Waals surface area contributed by atoms with Crippen LogP contribution in [0.15, 0.2) is 41.8 Å². The Kier molecular flexibility index (Phi) is 4.97. The first-order valence-electron chi connectivity index (χ1n) is 8.02. The lowest BCUT2D eigenvalue weighted by atomic mass is 10.1. The monoisotopic (exact) mass is 343 g/mol. The molecular weight excluding hydrogens is 322 g/mol. The van der Waals surface area contributed by atoms with Gasteiger partial charge in [-0.2, -0.15) is 0 Å². The van der Waals surface area contributed by atoms with E-state index in [2.05, 4.69) is 5.32 Å². The number of rotatable bonds is 6. The van der Waals surface area contributed by atoms with Gasteiger partial charge in [0.2, 0.25) is 0 Å². The molecule has 0 aliphatic heterocycles. The number of carbonyl (C=O) groups excluding carboxylic acids is 2. The lowest BCUT2D eigenvalue weighted by Gasteiger charge is -2.20. The number of nitrogens with two attached hydrogens (primary N) is 1. The van der Waals surface area contributed by atoms with Crippen LogP contribution in [0.3, 0.4) is 0 Å². The van der Waals surface area contributed by atoms with Crippen molar-refractivity contribution in [2.24, 2.45) is 11.7 Å². The molecule has 1 aliphatic rings. The largest absolute Gasteiger partial charge is 0.350 e. The maximum atomic E-state index is 12.5. The highest BCUT2D eigenvalue weighted by molar-refractivity contribution is 7.12. The minimum atomic E-state index is -0.201. The summed E-state index contributed by atoms with van der Waals surface area (Å²) in [4.78, 5) is 27.2. The molecule has 1 fully saturated rings. The van der Waals surface area contributed by atoms with Gasteiger partial charge in [0.15, 0.2) is 0 Å². The highest BCUT2D eigenvalue weighted by Crippen LogP contribution is 2.31. The van der Waals surface area contributed by atoms with Crippen LogP contribution in [0.25, 0.3) is 0 Å². The Morgan fingerprint density at radius 1 is 1.29 bits per heavy atom. The fourth-order valence-corrected chi connectivity index (χ4v) is 3.33. The van der Waals surface area contributed by atoms with E-state index < -0.39 is 0 Å². The summed E-state index contributed by atoms with van der Waals surface area (Å²) in [5.41, 5.74) is 7.11. The van der Waals surface area contributed by atoms with Crippen LogP contribution >= 0.6 is 11.3 Å². The van der Waals surface area contributed by atoms with Crippen molar-refractivity contribution in [2.45, 2.75) is 18.9 Å². The van der Waals surface area contributed by atoms with Crippen molar-refractivity contribution >= 4 is 28.8 Å². The van der Waals surface area contributed by atoms with Crippen LogP contribution in [0.4, 0.5) is 5.69 Å². The molecule has 1 aromatic heterocycles. The molecule has 5 nitrogen and oxygen atoms in total. The number of hydrogen-bond donors (Lipinski definition) is 2. The molecule has 0 saturated heterocycles. The predicted octanol–water partition coefficient (Wildman–Crippen LogP) is 2.49. The Morgan fingerprint density at radius 2 is 2.04 bits per heavy atom. The van der Waals surface area contributed by atoms with E-state index in [0.29, 0.717) is 28.6 Å². The summed E-state index contributed by atoms with van der Waals surface area (Å²) in [5.74, 6) is 0.205. The zero-order chi connectivity index (χ0) is 17.1. The highest BCUT2D eigenvalue weighted by Gasteiger charge is 2.29. The second-order valence-corrected chi connectivity index (χ2v) is 7.02. The number of hydrogen-bond acceptors (Lipinski definition) is 4. The number of anilines is 1. The number of amides is 2. The third kappa shape index (κ3) is 3.66. The summed E-state index contributed by atoms with van der Waals surface area (Å²) in [6.45, 7) is 0.459. The van der Waals surface area contributed by atoms with Gasteiger partial charge >= 0.3 is 0 Å². The highest BCUT2D eigenvalue weighted by atomic mass is 32.1. The van der Waals surface area contributed by atoms with Gasteiger partial charge in [0.25, 0.3) is 11.8 Å². The van der Waals surface area contributed by atoms with Gasteiger partial charge in [-0.3, -0.25) is 9.59 Å². The molecule has 3 rings (SSSR count). The number of thiophene rings is 1. The van der Waals surface area contributed by atoms with Crippen LogP contribution in [0.5, 0.6) is 0 Å². The number of para-hydroxylation sites is 1. The number of carbonyl (C=O) groups is 2. The van der Waals surface area contributed by atoms with Gasteiger partial charge in [-0.05, 0) is 42.3 Å². The zero-order valence-electron chi connectivity index (χ0n) is 13.6. The average molecular weight is 343 g/mol. The molecule has 1 saturated carbocycles. The van der Waals surface area contributed by atoms with Crippen molar-refractivity contribution in [3.8, 4) is 0 Å². The average Bonchev–Trinajstić information content (AvgIpc) is 3.32. The first kappa shape index (κ1) is 16.7. The van der Waals surface area contributed by atoms with E-state index in [0.717, 1.165) is 12.8 Å². The fourth-order valence-electron chi connectivity index (χ4n) is 2.63. The lowest BCUT2D eigenvalue weighted by molar-refractivity contribution is 0.0951. The third-order valence-electron chi connectivity index (χ3n) is 4.27. The topological polar surface area (TPSA) is 75.4 Å². The zero-order valence-corrected chi connectivity index (χ0v) is 14.4. The minimum absolute atomic E-state index is 0.00610. The summed E-state index contributed by atoms with van der Waals surface area (Å²) in [5, 5.41) is 4.75. The molecule has 0 radical (unpaired) electrons. The Labute approximate surface area is 145 Å². The quantitative estimate of drug-likeness (QED) is 0.846. The van der Waals surface area contributed by atoms with Crippen molar-refractivity contribution < 1.29 is 9.59 Å². The van der Waals surface area contributed by atoms with Crippen LogP contribution in [0.1, 0.15) is 32.9 Å². The van der Waals surface area contributed by atoms with E-state index in [9.17, 15) is 9.59 Å². The van der Waals surface area contributed by atoms with Crippen molar-refractivity contribution in [1.82, 2.24) is 5.32 Å². The van der Waals surface area contributed by atoms with E-state index in [1.807, 2.05) is 17.5 Å². The van der Waals surface area contributed by atoms with E-state index >= 15 is 0 Å². The molecular formula is C18H21N3O2S. The normalized spacial score (nSPS) is 14.9. The molecule has 1 heterocycles. The SMILES string of the molecule is CN(C(=O)c1cccs1)c1ccccc1C(=O)NCC(N)C1CC1. The van der Waals surface area contributed by atoms with E-state index in [1.54, 1.807) is 31.3 Å². The Bertz CT molecular complexity index is 726. The van der Waals surface area contributed by atoms with Crippen LogP contribution in [0, 0.1) is 5.92 Å². The summed E-state index contributed by atoms with van der Waals surface area (Å²) < 4.78 is 0. The van der Waals surface area contributed by atoms with Crippen LogP contribution in [-0.4, -0.2) is 31.4 Å². The van der Waals surface area contributed by atoms with E-state index in [4.69, 9.17) is 5.73 Å². The molecule has 0 bridgehead atoms. The van der Waals surface area contributed by atoms with Gasteiger partial charge < -0.3 is 16.0 Å². The molecule has 1 aromatic carbocycles. The Balaban J connectivity index is 1.74. The van der Waals surface area contributed by atoms with E-state index in [-0.39, 0.29) is 17.9 Å². The Morgan fingerprint density at radius 3 is 2.71 bits per heavy atom. The van der Waals surface area contributed by atoms with Gasteiger partial charge in [0.05, 0.1) is 16.1 Å². The molecule has 1 unspecified atom stereocenters. The first-order valence-corrected chi connectivity index (χ1v) is 8.90. The van der Waals surface area contributed by atoms with Crippen LogP contribution in [-0.2, 0) is 0 Å². The van der Waals surface area contributed by atoms with Crippen molar-refractivity contribution in [3.05, 3.63) is 52.2 Å². The van der Waals surface area contributed by atoms with Gasteiger partial charge in [-0.15, -0.1) is 11.3 Å². The number of nitrogens with zero attached hydrogens (tertiary/aromatic N) is 1. The summed E-state index contributed by atoms with van der Waals surface area (Å²) in [6, 6.07) is 10.7. The van der Waals surface area contributed by atoms with Gasteiger partial charge in [-0.25, -0.2) is 0 Å². The molecule has 126 valence electrons. The summed E-state index contributed by atoms with van der Waals surface area (Å²) >= 11 is 1.38. The molecule has 1 aliphatic carbocycles. The second-order valence-electron chi connectivity index (χ2n) is 6.07. The lowest BCUT2D eigenvalue weighted by Crippen LogP contribution is -2.39. The molecule has 2 aromatic rings. The molecule has 2 amide bonds. The molecule has 3 N–H and O–H groups in total. The molecule has 6 heteroatoms. The Hall–Kier alpha value is -2.18. The summed E-state index contributed by atoms with van der Waals surface area (Å²) in [6.07, 6.45) is 2.29. The number of benzene rings is 1. The maximum Gasteiger partial charge on any atom is 0.268 e. The smallest absolute Gasteiger partial charge is 0.268 e. The number of nitrogens with one attached hydrogen (secondary N) is 1. The van der Waals surface area contributed by atoms with Crippen molar-refractivity contribution in [2.75, 3.05) is 18.5 Å². The molecule has 0 spiro atoms. The van der Waals surface area contributed by atoms with Crippen LogP contribution in [0.2, 0.25) is 0 Å². The van der Waals surface area contributed by atoms with E-state index in [1.165, 1.54) is 16.2 Å². The minimum Gasteiger partial charge on any atom is -0.350 e. The van der Waals surface area contributed by atoms with Gasteiger partial charge in [-0.1, -0.05) is 18.2 Å². The maximum absolute atomic E-state index is 12.5. The predicted molar refractivity (Wildman–Crippen MR) is 96.5 cm³/mol. The van der Waals surface area contributed by atoms with Gasteiger partial charge in [0.1, 0.15) is 0 Å². The summed E-state index contributed by atoms with van der Waals surface area (Å²) in [7, 11) is 1.68. The third-order valence-corrected chi connectivity index (χ3v) is 5.13. The fraction of sp³-hybridized carbons (Fsp3) is 0.333. The van der Waals surface area contributed by atoms with Crippen LogP contribution < -0.4 is 16.0 Å². The molecule has 24 heavy (non-hydrogen) atoms. The standard InChI is InChI=1S/C18H21N3O2S/c1-21(18(23)16-7-4-10-24-16)15-6-3-2-5-13(15)17(22)20-11-14(19)12-8-9-12/h2-7,10,12,14H,8-9,11,19H2,1H3,(H,20,22). The molecule has 1 atom stereocenters. The second kappa shape index (κ2) is 7.15. The van der Waals surface area contributed by atoms with Crippen molar-refractivity contribution in [1.29, 1.82) is 0 Å². The first-order chi connectivity index (χ1) is 11.6.